The van der Waals surface area contributed by atoms with Crippen LogP contribution in [0.2, 0.25) is 5.15 Å². The predicted molar refractivity (Wildman–Crippen MR) is 93.9 cm³/mol. The molecule has 3 aromatic rings. The van der Waals surface area contributed by atoms with E-state index in [0.717, 1.165) is 30.7 Å². The highest BCUT2D eigenvalue weighted by Gasteiger charge is 2.12. The van der Waals surface area contributed by atoms with E-state index in [4.69, 9.17) is 16.3 Å². The number of nitrogens with zero attached hydrogens (tertiary/aromatic N) is 5. The number of anilines is 2. The second kappa shape index (κ2) is 7.44. The number of ether oxygens (including phenoxy) is 1. The molecule has 3 heterocycles. The van der Waals surface area contributed by atoms with Crippen molar-refractivity contribution in [2.75, 3.05) is 11.9 Å². The minimum atomic E-state index is 0.330. The van der Waals surface area contributed by atoms with Crippen molar-refractivity contribution in [2.24, 2.45) is 0 Å². The Kier molecular flexibility index (Phi) is 5.10. The van der Waals surface area contributed by atoms with Crippen molar-refractivity contribution < 1.29 is 4.74 Å². The zero-order valence-corrected chi connectivity index (χ0v) is 14.4. The molecule has 0 radical (unpaired) electrons. The molecule has 0 saturated heterocycles. The number of rotatable bonds is 7. The second-order valence-electron chi connectivity index (χ2n) is 5.24. The molecule has 126 valence electrons. The first-order valence-corrected chi connectivity index (χ1v) is 8.33. The van der Waals surface area contributed by atoms with Gasteiger partial charge < -0.3 is 14.6 Å². The Hall–Kier alpha value is -2.41. The Morgan fingerprint density at radius 3 is 2.79 bits per heavy atom. The van der Waals surface area contributed by atoms with Gasteiger partial charge in [0.15, 0.2) is 10.8 Å². The summed E-state index contributed by atoms with van der Waals surface area (Å²) in [6, 6.07) is 3.64. The van der Waals surface area contributed by atoms with Crippen molar-refractivity contribution in [1.82, 2.24) is 24.5 Å². The van der Waals surface area contributed by atoms with Crippen molar-refractivity contribution in [2.45, 2.75) is 33.2 Å². The third kappa shape index (κ3) is 3.56. The number of unbranched alkanes of at least 4 members (excludes halogenated alkanes) is 1. The number of hydrogen-bond donors (Lipinski definition) is 1. The van der Waals surface area contributed by atoms with Gasteiger partial charge in [-0.2, -0.15) is 9.97 Å². The van der Waals surface area contributed by atoms with Gasteiger partial charge in [0.25, 0.3) is 0 Å². The Morgan fingerprint density at radius 2 is 2.08 bits per heavy atom. The molecular weight excluding hydrogens is 328 g/mol. The van der Waals surface area contributed by atoms with Crippen molar-refractivity contribution in [3.63, 3.8) is 0 Å². The number of pyridine rings is 1. The normalized spacial score (nSPS) is 11.0. The summed E-state index contributed by atoms with van der Waals surface area (Å²) < 4.78 is 7.32. The van der Waals surface area contributed by atoms with E-state index >= 15 is 0 Å². The number of aromatic nitrogens is 5. The molecule has 0 aromatic carbocycles. The monoisotopic (exact) mass is 346 g/mol. The van der Waals surface area contributed by atoms with E-state index in [1.165, 1.54) is 0 Å². The van der Waals surface area contributed by atoms with E-state index in [1.807, 2.05) is 17.6 Å². The quantitative estimate of drug-likeness (QED) is 0.655. The number of fused-ring (bicyclic) bond motifs is 1. The van der Waals surface area contributed by atoms with Gasteiger partial charge in [0.2, 0.25) is 11.8 Å². The Labute approximate surface area is 145 Å². The molecule has 1 N–H and O–H groups in total. The summed E-state index contributed by atoms with van der Waals surface area (Å²) >= 11 is 6.24. The Morgan fingerprint density at radius 1 is 1.21 bits per heavy atom. The minimum Gasteiger partial charge on any atom is -0.478 e. The summed E-state index contributed by atoms with van der Waals surface area (Å²) in [5.74, 6) is 0.992. The molecule has 3 rings (SSSR count). The first kappa shape index (κ1) is 16.4. The zero-order chi connectivity index (χ0) is 16.9. The van der Waals surface area contributed by atoms with Crippen LogP contribution < -0.4 is 10.1 Å². The molecule has 0 bridgehead atoms. The van der Waals surface area contributed by atoms with Crippen LogP contribution in [0.1, 0.15) is 26.7 Å². The molecule has 3 aromatic heterocycles. The highest BCUT2D eigenvalue weighted by atomic mass is 35.5. The zero-order valence-electron chi connectivity index (χ0n) is 13.7. The molecule has 0 saturated carbocycles. The third-order valence-electron chi connectivity index (χ3n) is 3.46. The number of nitrogens with one attached hydrogen (secondary N) is 1. The maximum absolute atomic E-state index is 6.24. The molecule has 0 unspecified atom stereocenters. The fourth-order valence-electron chi connectivity index (χ4n) is 2.27. The molecule has 0 fully saturated rings. The van der Waals surface area contributed by atoms with Crippen molar-refractivity contribution in [1.29, 1.82) is 0 Å². The number of hydrogen-bond acceptors (Lipinski definition) is 6. The third-order valence-corrected chi connectivity index (χ3v) is 3.72. The average molecular weight is 347 g/mol. The van der Waals surface area contributed by atoms with Crippen molar-refractivity contribution in [3.05, 3.63) is 29.8 Å². The molecule has 8 heteroatoms. The van der Waals surface area contributed by atoms with Crippen molar-refractivity contribution >= 4 is 34.4 Å². The van der Waals surface area contributed by atoms with E-state index in [9.17, 15) is 0 Å². The van der Waals surface area contributed by atoms with Gasteiger partial charge in [0, 0.05) is 12.6 Å². The van der Waals surface area contributed by atoms with Gasteiger partial charge in [-0.3, -0.25) is 0 Å². The van der Waals surface area contributed by atoms with Gasteiger partial charge in [-0.15, -0.1) is 0 Å². The molecule has 0 aliphatic rings. The Bertz CT molecular complexity index is 817. The number of aryl methyl sites for hydroxylation is 1. The average Bonchev–Trinajstić information content (AvgIpc) is 2.98. The first-order valence-electron chi connectivity index (χ1n) is 7.95. The highest BCUT2D eigenvalue weighted by molar-refractivity contribution is 6.33. The lowest BCUT2D eigenvalue weighted by Crippen LogP contribution is -2.02. The van der Waals surface area contributed by atoms with Gasteiger partial charge in [-0.05, 0) is 19.4 Å². The van der Waals surface area contributed by atoms with Crippen LogP contribution in [0.3, 0.4) is 0 Å². The van der Waals surface area contributed by atoms with E-state index in [0.29, 0.717) is 29.1 Å². The van der Waals surface area contributed by atoms with E-state index in [1.54, 1.807) is 18.6 Å². The molecule has 24 heavy (non-hydrogen) atoms. The minimum absolute atomic E-state index is 0.330. The van der Waals surface area contributed by atoms with Gasteiger partial charge in [-0.1, -0.05) is 24.9 Å². The van der Waals surface area contributed by atoms with Crippen LogP contribution in [-0.4, -0.2) is 31.1 Å². The van der Waals surface area contributed by atoms with Crippen LogP contribution in [0, 0.1) is 0 Å². The molecule has 0 spiro atoms. The molecule has 7 nitrogen and oxygen atoms in total. The van der Waals surface area contributed by atoms with Crippen LogP contribution in [0.4, 0.5) is 11.6 Å². The molecule has 0 aliphatic carbocycles. The number of halogens is 1. The topological polar surface area (TPSA) is 77.8 Å². The fraction of sp³-hybridized carbons (Fsp3) is 0.375. The lowest BCUT2D eigenvalue weighted by Gasteiger charge is -2.07. The largest absolute Gasteiger partial charge is 0.478 e. The van der Waals surface area contributed by atoms with Gasteiger partial charge in [-0.25, -0.2) is 9.97 Å². The predicted octanol–water partition coefficient (Wildman–Crippen LogP) is 3.82. The first-order chi connectivity index (χ1) is 11.7. The van der Waals surface area contributed by atoms with Crippen LogP contribution in [0.5, 0.6) is 5.88 Å². The van der Waals surface area contributed by atoms with Crippen molar-refractivity contribution in [3.8, 4) is 5.88 Å². The van der Waals surface area contributed by atoms with Crippen LogP contribution in [0.25, 0.3) is 11.2 Å². The van der Waals surface area contributed by atoms with Crippen LogP contribution >= 0.6 is 11.6 Å². The van der Waals surface area contributed by atoms with Crippen LogP contribution in [0.15, 0.2) is 24.7 Å². The standard InChI is InChI=1S/C16H19ClN6O/c1-3-5-8-23-10-19-13-14(17)21-16(22-15(13)23)20-11-6-7-12(18-9-11)24-4-2/h6-7,9-10H,3-5,8H2,1-2H3,(H,20,21,22). The summed E-state index contributed by atoms with van der Waals surface area (Å²) in [5, 5.41) is 3.44. The van der Waals surface area contributed by atoms with Gasteiger partial charge in [0.1, 0.15) is 5.52 Å². The van der Waals surface area contributed by atoms with Gasteiger partial charge >= 0.3 is 0 Å². The van der Waals surface area contributed by atoms with Gasteiger partial charge in [0.05, 0.1) is 24.8 Å². The maximum atomic E-state index is 6.24. The van der Waals surface area contributed by atoms with E-state index in [-0.39, 0.29) is 0 Å². The molecular formula is C16H19ClN6O. The summed E-state index contributed by atoms with van der Waals surface area (Å²) in [7, 11) is 0. The maximum Gasteiger partial charge on any atom is 0.230 e. The highest BCUT2D eigenvalue weighted by Crippen LogP contribution is 2.23. The Balaban J connectivity index is 1.86. The lowest BCUT2D eigenvalue weighted by molar-refractivity contribution is 0.327. The molecule has 0 amide bonds. The fourth-order valence-corrected chi connectivity index (χ4v) is 2.49. The molecule has 0 aliphatic heterocycles. The smallest absolute Gasteiger partial charge is 0.230 e. The van der Waals surface area contributed by atoms with E-state index in [2.05, 4.69) is 32.2 Å². The SMILES string of the molecule is CCCCn1cnc2c(Cl)nc(Nc3ccc(OCC)nc3)nc21. The van der Waals surface area contributed by atoms with Crippen LogP contribution in [-0.2, 0) is 6.54 Å². The number of imidazole rings is 1. The molecule has 0 atom stereocenters. The summed E-state index contributed by atoms with van der Waals surface area (Å²) in [6.45, 7) is 5.49. The summed E-state index contributed by atoms with van der Waals surface area (Å²) in [5.41, 5.74) is 2.10. The lowest BCUT2D eigenvalue weighted by atomic mass is 10.3. The summed E-state index contributed by atoms with van der Waals surface area (Å²) in [6.07, 6.45) is 5.57. The second-order valence-corrected chi connectivity index (χ2v) is 5.60. The van der Waals surface area contributed by atoms with E-state index < -0.39 is 0 Å². The summed E-state index contributed by atoms with van der Waals surface area (Å²) in [4.78, 5) is 17.3.